The van der Waals surface area contributed by atoms with E-state index in [0.29, 0.717) is 16.1 Å². The summed E-state index contributed by atoms with van der Waals surface area (Å²) in [6.07, 6.45) is 3.44. The zero-order valence-corrected chi connectivity index (χ0v) is 9.52. The van der Waals surface area contributed by atoms with Gasteiger partial charge in [-0.3, -0.25) is 9.20 Å². The highest BCUT2D eigenvalue weighted by Gasteiger charge is 2.13. The Kier molecular flexibility index (Phi) is 2.44. The average Bonchev–Trinajstić information content (AvgIpc) is 2.43. The third-order valence-corrected chi connectivity index (χ3v) is 2.61. The van der Waals surface area contributed by atoms with Crippen molar-refractivity contribution in [3.63, 3.8) is 0 Å². The van der Waals surface area contributed by atoms with E-state index >= 15 is 0 Å². The lowest BCUT2D eigenvalue weighted by Crippen LogP contribution is -2.04. The molecule has 0 unspecified atom stereocenters. The third kappa shape index (κ3) is 1.85. The Hall–Kier alpha value is -1.43. The van der Waals surface area contributed by atoms with Crippen molar-refractivity contribution in [1.82, 2.24) is 14.4 Å². The molecule has 0 saturated heterocycles. The zero-order chi connectivity index (χ0) is 11.0. The minimum Gasteiger partial charge on any atom is -0.481 e. The van der Waals surface area contributed by atoms with Crippen molar-refractivity contribution in [2.75, 3.05) is 0 Å². The van der Waals surface area contributed by atoms with Gasteiger partial charge in [-0.25, -0.2) is 9.97 Å². The van der Waals surface area contributed by atoms with Crippen molar-refractivity contribution in [3.05, 3.63) is 28.3 Å². The lowest BCUT2D eigenvalue weighted by Gasteiger charge is -1.99. The van der Waals surface area contributed by atoms with Gasteiger partial charge in [-0.15, -0.1) is 0 Å². The van der Waals surface area contributed by atoms with Crippen LogP contribution < -0.4 is 0 Å². The van der Waals surface area contributed by atoms with Gasteiger partial charge in [-0.05, 0) is 28.4 Å². The summed E-state index contributed by atoms with van der Waals surface area (Å²) >= 11 is 3.23. The van der Waals surface area contributed by atoms with Crippen molar-refractivity contribution < 1.29 is 9.90 Å². The number of aromatic nitrogens is 3. The molecule has 0 saturated carbocycles. The summed E-state index contributed by atoms with van der Waals surface area (Å²) in [6, 6.07) is 0. The fraction of sp³-hybridized carbons (Fsp3) is 0.222. The van der Waals surface area contributed by atoms with Crippen LogP contribution in [0.2, 0.25) is 0 Å². The zero-order valence-electron chi connectivity index (χ0n) is 7.94. The van der Waals surface area contributed by atoms with Gasteiger partial charge >= 0.3 is 5.97 Å². The van der Waals surface area contributed by atoms with Crippen LogP contribution in [-0.4, -0.2) is 25.4 Å². The minimum atomic E-state index is -0.890. The number of carboxylic acids is 1. The molecule has 78 valence electrons. The van der Waals surface area contributed by atoms with E-state index in [2.05, 4.69) is 25.9 Å². The molecule has 0 radical (unpaired) electrons. The van der Waals surface area contributed by atoms with Gasteiger partial charge in [0.25, 0.3) is 0 Å². The first-order valence-electron chi connectivity index (χ1n) is 4.29. The molecule has 0 atom stereocenters. The molecule has 0 aliphatic rings. The van der Waals surface area contributed by atoms with Crippen LogP contribution in [0.25, 0.3) is 5.78 Å². The molecule has 6 heteroatoms. The highest BCUT2D eigenvalue weighted by atomic mass is 79.9. The molecular formula is C9H8BrN3O2. The molecule has 2 aromatic heterocycles. The van der Waals surface area contributed by atoms with Crippen molar-refractivity contribution in [1.29, 1.82) is 0 Å². The van der Waals surface area contributed by atoms with Crippen LogP contribution in [0, 0.1) is 6.92 Å². The first-order chi connectivity index (χ1) is 7.08. The molecule has 0 bridgehead atoms. The number of aliphatic carboxylic acids is 1. The summed E-state index contributed by atoms with van der Waals surface area (Å²) in [7, 11) is 0. The van der Waals surface area contributed by atoms with Crippen molar-refractivity contribution in [3.8, 4) is 0 Å². The Morgan fingerprint density at radius 3 is 3.07 bits per heavy atom. The van der Waals surface area contributed by atoms with Crippen LogP contribution >= 0.6 is 15.9 Å². The van der Waals surface area contributed by atoms with Crippen molar-refractivity contribution >= 4 is 27.7 Å². The summed E-state index contributed by atoms with van der Waals surface area (Å²) < 4.78 is 2.22. The van der Waals surface area contributed by atoms with Crippen LogP contribution in [0.1, 0.15) is 11.3 Å². The number of carboxylic acid groups (broad SMARTS) is 1. The second-order valence-corrected chi connectivity index (χ2v) is 3.97. The number of rotatable bonds is 2. The Balaban J connectivity index is 2.65. The van der Waals surface area contributed by atoms with E-state index in [1.165, 1.54) is 0 Å². The van der Waals surface area contributed by atoms with Crippen LogP contribution in [0.4, 0.5) is 0 Å². The third-order valence-electron chi connectivity index (χ3n) is 1.98. The monoisotopic (exact) mass is 269 g/mol. The van der Waals surface area contributed by atoms with Crippen molar-refractivity contribution in [2.24, 2.45) is 0 Å². The number of carbonyl (C=O) groups is 1. The predicted molar refractivity (Wildman–Crippen MR) is 56.8 cm³/mol. The van der Waals surface area contributed by atoms with Crippen molar-refractivity contribution in [2.45, 2.75) is 13.3 Å². The topological polar surface area (TPSA) is 67.5 Å². The van der Waals surface area contributed by atoms with Gasteiger partial charge in [0, 0.05) is 12.4 Å². The molecule has 15 heavy (non-hydrogen) atoms. The van der Waals surface area contributed by atoms with Gasteiger partial charge in [0.1, 0.15) is 4.60 Å². The van der Waals surface area contributed by atoms with Gasteiger partial charge in [0.15, 0.2) is 0 Å². The van der Waals surface area contributed by atoms with Gasteiger partial charge in [-0.2, -0.15) is 0 Å². The standard InChI is InChI=1S/C9H8BrN3O2/c1-5-3-11-9-12-8(10)6(2-7(14)15)13(9)4-5/h3-4H,2H2,1H3,(H,14,15). The van der Waals surface area contributed by atoms with E-state index in [9.17, 15) is 4.79 Å². The van der Waals surface area contributed by atoms with E-state index in [4.69, 9.17) is 5.11 Å². The summed E-state index contributed by atoms with van der Waals surface area (Å²) in [5.74, 6) is -0.386. The van der Waals surface area contributed by atoms with Gasteiger partial charge in [0.05, 0.1) is 12.1 Å². The Morgan fingerprint density at radius 1 is 1.67 bits per heavy atom. The first-order valence-corrected chi connectivity index (χ1v) is 5.08. The summed E-state index contributed by atoms with van der Waals surface area (Å²) in [5, 5.41) is 8.76. The molecule has 2 heterocycles. The number of nitrogens with zero attached hydrogens (tertiary/aromatic N) is 3. The summed E-state index contributed by atoms with van der Waals surface area (Å²) in [6.45, 7) is 1.89. The molecule has 0 spiro atoms. The normalized spacial score (nSPS) is 10.8. The highest BCUT2D eigenvalue weighted by molar-refractivity contribution is 9.10. The summed E-state index contributed by atoms with van der Waals surface area (Å²) in [4.78, 5) is 18.9. The molecule has 0 aliphatic carbocycles. The molecule has 2 aromatic rings. The first kappa shape index (κ1) is 10.1. The second kappa shape index (κ2) is 3.62. The molecule has 1 N–H and O–H groups in total. The van der Waals surface area contributed by atoms with E-state index < -0.39 is 5.97 Å². The number of fused-ring (bicyclic) bond motifs is 1. The van der Waals surface area contributed by atoms with E-state index in [-0.39, 0.29) is 6.42 Å². The molecule has 0 amide bonds. The lowest BCUT2D eigenvalue weighted by molar-refractivity contribution is -0.136. The second-order valence-electron chi connectivity index (χ2n) is 3.22. The quantitative estimate of drug-likeness (QED) is 0.896. The van der Waals surface area contributed by atoms with Gasteiger partial charge in [0.2, 0.25) is 5.78 Å². The molecule has 0 fully saturated rings. The maximum atomic E-state index is 10.7. The molecule has 2 rings (SSSR count). The van der Waals surface area contributed by atoms with Gasteiger partial charge in [-0.1, -0.05) is 0 Å². The van der Waals surface area contributed by atoms with Crippen LogP contribution in [0.15, 0.2) is 17.0 Å². The predicted octanol–water partition coefficient (Wildman–Crippen LogP) is 1.43. The SMILES string of the molecule is Cc1cnc2nc(Br)c(CC(=O)O)n2c1. The number of hydrogen-bond acceptors (Lipinski definition) is 3. The maximum Gasteiger partial charge on any atom is 0.309 e. The number of aryl methyl sites for hydroxylation is 1. The number of halogens is 1. The number of imidazole rings is 1. The van der Waals surface area contributed by atoms with Crippen LogP contribution in [0.3, 0.4) is 0 Å². The molecule has 0 aromatic carbocycles. The smallest absolute Gasteiger partial charge is 0.309 e. The Morgan fingerprint density at radius 2 is 2.40 bits per heavy atom. The van der Waals surface area contributed by atoms with E-state index in [0.717, 1.165) is 5.56 Å². The highest BCUT2D eigenvalue weighted by Crippen LogP contribution is 2.18. The number of hydrogen-bond donors (Lipinski definition) is 1. The van der Waals surface area contributed by atoms with Crippen LogP contribution in [-0.2, 0) is 11.2 Å². The molecule has 0 aliphatic heterocycles. The average molecular weight is 270 g/mol. The maximum absolute atomic E-state index is 10.7. The van der Waals surface area contributed by atoms with Crippen LogP contribution in [0.5, 0.6) is 0 Å². The van der Waals surface area contributed by atoms with E-state index in [1.54, 1.807) is 10.6 Å². The Bertz CT molecular complexity index is 535. The largest absolute Gasteiger partial charge is 0.481 e. The van der Waals surface area contributed by atoms with Gasteiger partial charge < -0.3 is 5.11 Å². The molecule has 5 nitrogen and oxygen atoms in total. The van der Waals surface area contributed by atoms with E-state index in [1.807, 2.05) is 13.1 Å². The minimum absolute atomic E-state index is 0.0765. The molecular weight excluding hydrogens is 262 g/mol. The Labute approximate surface area is 93.9 Å². The summed E-state index contributed by atoms with van der Waals surface area (Å²) in [5.41, 5.74) is 1.56. The fourth-order valence-electron chi connectivity index (χ4n) is 1.35. The lowest BCUT2D eigenvalue weighted by atomic mass is 10.3. The fourth-order valence-corrected chi connectivity index (χ4v) is 1.84.